The highest BCUT2D eigenvalue weighted by molar-refractivity contribution is 5.88. The summed E-state index contributed by atoms with van der Waals surface area (Å²) >= 11 is 0. The summed E-state index contributed by atoms with van der Waals surface area (Å²) in [5, 5.41) is 0. The second-order valence-electron chi connectivity index (χ2n) is 4.79. The van der Waals surface area contributed by atoms with Crippen LogP contribution in [-0.4, -0.2) is 15.4 Å². The van der Waals surface area contributed by atoms with Crippen molar-refractivity contribution in [1.29, 1.82) is 0 Å². The van der Waals surface area contributed by atoms with Crippen molar-refractivity contribution in [3.05, 3.63) is 67.0 Å². The van der Waals surface area contributed by atoms with Crippen LogP contribution in [0.1, 0.15) is 6.92 Å². The van der Waals surface area contributed by atoms with E-state index in [2.05, 4.69) is 11.6 Å². The van der Waals surface area contributed by atoms with Crippen LogP contribution < -0.4 is 4.74 Å². The van der Waals surface area contributed by atoms with Crippen LogP contribution >= 0.6 is 0 Å². The van der Waals surface area contributed by atoms with E-state index in [1.54, 1.807) is 19.1 Å². The van der Waals surface area contributed by atoms with Crippen LogP contribution in [0, 0.1) is 0 Å². The fraction of sp³-hybridized carbons (Fsp3) is 0.0588. The molecule has 104 valence electrons. The first-order valence-electron chi connectivity index (χ1n) is 6.55. The van der Waals surface area contributed by atoms with E-state index >= 15 is 0 Å². The van der Waals surface area contributed by atoms with Gasteiger partial charge < -0.3 is 9.14 Å². The lowest BCUT2D eigenvalue weighted by Gasteiger charge is -2.04. The molecule has 2 heterocycles. The van der Waals surface area contributed by atoms with E-state index in [4.69, 9.17) is 4.74 Å². The van der Waals surface area contributed by atoms with Crippen LogP contribution in [0.25, 0.3) is 16.9 Å². The first-order chi connectivity index (χ1) is 10.1. The standard InChI is InChI=1S/C17H14N2O2/c1-12(2)17(20)21-14-8-6-13(7-9-14)15-11-19-10-4-3-5-16(19)18-15/h3-11H,1H2,2H3. The van der Waals surface area contributed by atoms with Crippen LogP contribution in [-0.2, 0) is 4.79 Å². The van der Waals surface area contributed by atoms with Crippen LogP contribution in [0.2, 0.25) is 0 Å². The monoisotopic (exact) mass is 278 g/mol. The molecule has 3 aromatic rings. The number of hydrogen-bond donors (Lipinski definition) is 0. The van der Waals surface area contributed by atoms with E-state index in [1.807, 2.05) is 47.1 Å². The third-order valence-electron chi connectivity index (χ3n) is 3.07. The Hall–Kier alpha value is -2.88. The number of fused-ring (bicyclic) bond motifs is 1. The maximum atomic E-state index is 11.4. The van der Waals surface area contributed by atoms with E-state index in [-0.39, 0.29) is 0 Å². The number of ether oxygens (including phenoxy) is 1. The molecule has 21 heavy (non-hydrogen) atoms. The van der Waals surface area contributed by atoms with E-state index < -0.39 is 5.97 Å². The summed E-state index contributed by atoms with van der Waals surface area (Å²) in [6.45, 7) is 5.17. The number of imidazole rings is 1. The van der Waals surface area contributed by atoms with Gasteiger partial charge in [0.2, 0.25) is 0 Å². The van der Waals surface area contributed by atoms with Crippen LogP contribution in [0.4, 0.5) is 0 Å². The molecule has 1 aromatic carbocycles. The first-order valence-corrected chi connectivity index (χ1v) is 6.55. The molecular formula is C17H14N2O2. The zero-order chi connectivity index (χ0) is 14.8. The average Bonchev–Trinajstić information content (AvgIpc) is 2.91. The second-order valence-corrected chi connectivity index (χ2v) is 4.79. The molecule has 2 aromatic heterocycles. The summed E-state index contributed by atoms with van der Waals surface area (Å²) in [7, 11) is 0. The number of carbonyl (C=O) groups is 1. The van der Waals surface area contributed by atoms with E-state index in [9.17, 15) is 4.79 Å². The summed E-state index contributed by atoms with van der Waals surface area (Å²) < 4.78 is 7.12. The fourth-order valence-corrected chi connectivity index (χ4v) is 1.96. The minimum Gasteiger partial charge on any atom is -0.423 e. The minimum atomic E-state index is -0.421. The molecule has 3 rings (SSSR count). The zero-order valence-corrected chi connectivity index (χ0v) is 11.6. The summed E-state index contributed by atoms with van der Waals surface area (Å²) in [5.74, 6) is 0.0750. The predicted octanol–water partition coefficient (Wildman–Crippen LogP) is 3.48. The lowest BCUT2D eigenvalue weighted by Crippen LogP contribution is -2.07. The highest BCUT2D eigenvalue weighted by Crippen LogP contribution is 2.22. The Morgan fingerprint density at radius 2 is 1.95 bits per heavy atom. The smallest absolute Gasteiger partial charge is 0.338 e. The maximum Gasteiger partial charge on any atom is 0.338 e. The molecule has 0 saturated heterocycles. The normalized spacial score (nSPS) is 10.5. The van der Waals surface area contributed by atoms with Gasteiger partial charge in [-0.3, -0.25) is 0 Å². The summed E-state index contributed by atoms with van der Waals surface area (Å²) in [4.78, 5) is 16.0. The molecule has 0 radical (unpaired) electrons. The van der Waals surface area contributed by atoms with E-state index in [0.29, 0.717) is 11.3 Å². The average molecular weight is 278 g/mol. The molecule has 4 heteroatoms. The number of aromatic nitrogens is 2. The number of benzene rings is 1. The van der Waals surface area contributed by atoms with Crippen molar-refractivity contribution in [2.45, 2.75) is 6.92 Å². The van der Waals surface area contributed by atoms with Gasteiger partial charge in [-0.15, -0.1) is 0 Å². The third-order valence-corrected chi connectivity index (χ3v) is 3.07. The number of pyridine rings is 1. The molecule has 0 unspecified atom stereocenters. The SMILES string of the molecule is C=C(C)C(=O)Oc1ccc(-c2cn3ccccc3n2)cc1. The predicted molar refractivity (Wildman–Crippen MR) is 81.1 cm³/mol. The van der Waals surface area contributed by atoms with Gasteiger partial charge in [-0.25, -0.2) is 9.78 Å². The Balaban J connectivity index is 1.86. The second kappa shape index (κ2) is 5.25. The summed E-state index contributed by atoms with van der Waals surface area (Å²) in [5.41, 5.74) is 3.11. The van der Waals surface area contributed by atoms with E-state index in [0.717, 1.165) is 16.9 Å². The summed E-state index contributed by atoms with van der Waals surface area (Å²) in [6.07, 6.45) is 3.92. The van der Waals surface area contributed by atoms with Gasteiger partial charge >= 0.3 is 5.97 Å². The molecule has 0 aliphatic rings. The first kappa shape index (κ1) is 13.1. The Labute approximate surface area is 122 Å². The highest BCUT2D eigenvalue weighted by atomic mass is 16.5. The largest absolute Gasteiger partial charge is 0.423 e. The highest BCUT2D eigenvalue weighted by Gasteiger charge is 2.07. The van der Waals surface area contributed by atoms with Gasteiger partial charge in [-0.2, -0.15) is 0 Å². The molecule has 0 aliphatic carbocycles. The number of nitrogens with zero attached hydrogens (tertiary/aromatic N) is 2. The molecule has 0 fully saturated rings. The molecule has 0 N–H and O–H groups in total. The molecule has 0 aliphatic heterocycles. The van der Waals surface area contributed by atoms with Gasteiger partial charge in [0.15, 0.2) is 0 Å². The molecule has 0 spiro atoms. The van der Waals surface area contributed by atoms with Gasteiger partial charge in [0.25, 0.3) is 0 Å². The number of rotatable bonds is 3. The van der Waals surface area contributed by atoms with Crippen molar-refractivity contribution in [3.63, 3.8) is 0 Å². The molecule has 0 bridgehead atoms. The number of hydrogen-bond acceptors (Lipinski definition) is 3. The Kier molecular flexibility index (Phi) is 3.28. The van der Waals surface area contributed by atoms with Crippen molar-refractivity contribution in [1.82, 2.24) is 9.38 Å². The Bertz CT molecular complexity index is 783. The molecular weight excluding hydrogens is 264 g/mol. The van der Waals surface area contributed by atoms with Crippen molar-refractivity contribution in [2.24, 2.45) is 0 Å². The zero-order valence-electron chi connectivity index (χ0n) is 11.6. The number of carbonyl (C=O) groups excluding carboxylic acids is 1. The minimum absolute atomic E-state index is 0.374. The maximum absolute atomic E-state index is 11.4. The topological polar surface area (TPSA) is 43.6 Å². The fourth-order valence-electron chi connectivity index (χ4n) is 1.96. The van der Waals surface area contributed by atoms with Crippen LogP contribution in [0.15, 0.2) is 67.0 Å². The van der Waals surface area contributed by atoms with Crippen molar-refractivity contribution < 1.29 is 9.53 Å². The van der Waals surface area contributed by atoms with Gasteiger partial charge in [0.05, 0.1) is 5.69 Å². The van der Waals surface area contributed by atoms with Crippen molar-refractivity contribution in [2.75, 3.05) is 0 Å². The Morgan fingerprint density at radius 3 is 2.62 bits per heavy atom. The van der Waals surface area contributed by atoms with Gasteiger partial charge in [-0.05, 0) is 43.3 Å². The van der Waals surface area contributed by atoms with Crippen LogP contribution in [0.3, 0.4) is 0 Å². The van der Waals surface area contributed by atoms with Crippen molar-refractivity contribution >= 4 is 11.6 Å². The molecule has 4 nitrogen and oxygen atoms in total. The van der Waals surface area contributed by atoms with Gasteiger partial charge in [0, 0.05) is 23.5 Å². The lowest BCUT2D eigenvalue weighted by molar-refractivity contribution is -0.130. The van der Waals surface area contributed by atoms with Crippen molar-refractivity contribution in [3.8, 4) is 17.0 Å². The summed E-state index contributed by atoms with van der Waals surface area (Å²) in [6, 6.07) is 13.1. The lowest BCUT2D eigenvalue weighted by atomic mass is 10.1. The third kappa shape index (κ3) is 2.69. The van der Waals surface area contributed by atoms with Gasteiger partial charge in [-0.1, -0.05) is 12.6 Å². The van der Waals surface area contributed by atoms with Crippen LogP contribution in [0.5, 0.6) is 5.75 Å². The van der Waals surface area contributed by atoms with E-state index in [1.165, 1.54) is 0 Å². The number of esters is 1. The Morgan fingerprint density at radius 1 is 1.19 bits per heavy atom. The molecule has 0 saturated carbocycles. The quantitative estimate of drug-likeness (QED) is 0.418. The van der Waals surface area contributed by atoms with Gasteiger partial charge in [0.1, 0.15) is 11.4 Å². The molecule has 0 atom stereocenters. The molecule has 0 amide bonds.